The fourth-order valence-corrected chi connectivity index (χ4v) is 1.92. The first-order valence-electron chi connectivity index (χ1n) is 7.10. The number of para-hydroxylation sites is 1. The van der Waals surface area contributed by atoms with Crippen LogP contribution in [0.3, 0.4) is 0 Å². The van der Waals surface area contributed by atoms with E-state index in [1.165, 1.54) is 5.56 Å². The molecule has 0 aliphatic carbocycles. The van der Waals surface area contributed by atoms with Crippen LogP contribution in [0, 0.1) is 5.92 Å². The maximum Gasteiger partial charge on any atom is 0.135 e. The summed E-state index contributed by atoms with van der Waals surface area (Å²) in [5, 5.41) is 6.67. The lowest BCUT2D eigenvalue weighted by molar-refractivity contribution is 0.687. The number of anilines is 3. The number of hydrogen-bond donors (Lipinski definition) is 2. The van der Waals surface area contributed by atoms with E-state index in [1.807, 2.05) is 12.1 Å². The highest BCUT2D eigenvalue weighted by molar-refractivity contribution is 5.62. The van der Waals surface area contributed by atoms with Gasteiger partial charge in [-0.25, -0.2) is 9.97 Å². The Morgan fingerprint density at radius 2 is 1.85 bits per heavy atom. The van der Waals surface area contributed by atoms with E-state index in [1.54, 1.807) is 6.33 Å². The van der Waals surface area contributed by atoms with Crippen molar-refractivity contribution in [2.45, 2.75) is 27.2 Å². The lowest BCUT2D eigenvalue weighted by atomic mass is 10.1. The van der Waals surface area contributed by atoms with Crippen LogP contribution in [0.4, 0.5) is 17.3 Å². The molecule has 0 atom stereocenters. The molecular formula is C16H22N4. The Kier molecular flexibility index (Phi) is 4.93. The average molecular weight is 270 g/mol. The fraction of sp³-hybridized carbons (Fsp3) is 0.375. The van der Waals surface area contributed by atoms with Gasteiger partial charge in [0.2, 0.25) is 0 Å². The molecule has 0 saturated carbocycles. The molecule has 0 amide bonds. The van der Waals surface area contributed by atoms with Crippen LogP contribution in [0.5, 0.6) is 0 Å². The van der Waals surface area contributed by atoms with E-state index in [9.17, 15) is 0 Å². The summed E-state index contributed by atoms with van der Waals surface area (Å²) in [4.78, 5) is 8.51. The van der Waals surface area contributed by atoms with Gasteiger partial charge in [0.05, 0.1) is 0 Å². The Balaban J connectivity index is 2.11. The molecule has 0 bridgehead atoms. The highest BCUT2D eigenvalue weighted by Gasteiger charge is 2.03. The molecule has 1 heterocycles. The molecule has 4 heteroatoms. The van der Waals surface area contributed by atoms with E-state index < -0.39 is 0 Å². The minimum atomic E-state index is 0.585. The van der Waals surface area contributed by atoms with Crippen molar-refractivity contribution >= 4 is 17.3 Å². The molecule has 0 saturated heterocycles. The van der Waals surface area contributed by atoms with E-state index in [0.717, 1.165) is 30.3 Å². The second kappa shape index (κ2) is 6.89. The summed E-state index contributed by atoms with van der Waals surface area (Å²) >= 11 is 0. The number of nitrogens with one attached hydrogen (secondary N) is 2. The van der Waals surface area contributed by atoms with Gasteiger partial charge in [-0.2, -0.15) is 0 Å². The molecule has 2 rings (SSSR count). The summed E-state index contributed by atoms with van der Waals surface area (Å²) in [5.74, 6) is 2.25. The zero-order chi connectivity index (χ0) is 14.4. The molecular weight excluding hydrogens is 248 g/mol. The van der Waals surface area contributed by atoms with Crippen molar-refractivity contribution in [3.63, 3.8) is 0 Å². The third-order valence-electron chi connectivity index (χ3n) is 3.02. The zero-order valence-corrected chi connectivity index (χ0v) is 12.4. The lowest BCUT2D eigenvalue weighted by Gasteiger charge is -2.12. The normalized spacial score (nSPS) is 10.6. The Bertz CT molecular complexity index is 552. The van der Waals surface area contributed by atoms with Crippen LogP contribution >= 0.6 is 0 Å². The highest BCUT2D eigenvalue weighted by atomic mass is 15.1. The van der Waals surface area contributed by atoms with Crippen molar-refractivity contribution in [3.05, 3.63) is 42.2 Å². The third kappa shape index (κ3) is 3.95. The SMILES string of the molecule is CCc1ccccc1Nc1cc(NCC(C)C)ncn1. The Morgan fingerprint density at radius 3 is 2.60 bits per heavy atom. The van der Waals surface area contributed by atoms with E-state index in [-0.39, 0.29) is 0 Å². The van der Waals surface area contributed by atoms with Gasteiger partial charge < -0.3 is 10.6 Å². The summed E-state index contributed by atoms with van der Waals surface area (Å²) in [5.41, 5.74) is 2.38. The molecule has 4 nitrogen and oxygen atoms in total. The Hall–Kier alpha value is -2.10. The maximum atomic E-state index is 4.27. The van der Waals surface area contributed by atoms with Crippen LogP contribution in [0.15, 0.2) is 36.7 Å². The van der Waals surface area contributed by atoms with Crippen molar-refractivity contribution in [1.29, 1.82) is 0 Å². The minimum absolute atomic E-state index is 0.585. The third-order valence-corrected chi connectivity index (χ3v) is 3.02. The molecule has 0 spiro atoms. The number of rotatable bonds is 6. The molecule has 0 radical (unpaired) electrons. The summed E-state index contributed by atoms with van der Waals surface area (Å²) in [6, 6.07) is 10.2. The van der Waals surface area contributed by atoms with Gasteiger partial charge >= 0.3 is 0 Å². The van der Waals surface area contributed by atoms with Crippen LogP contribution in [-0.2, 0) is 6.42 Å². The molecule has 2 aromatic rings. The minimum Gasteiger partial charge on any atom is -0.370 e. The lowest BCUT2D eigenvalue weighted by Crippen LogP contribution is -2.09. The molecule has 0 unspecified atom stereocenters. The first kappa shape index (κ1) is 14.3. The van der Waals surface area contributed by atoms with Crippen molar-refractivity contribution in [1.82, 2.24) is 9.97 Å². The van der Waals surface area contributed by atoms with Crippen molar-refractivity contribution in [3.8, 4) is 0 Å². The number of benzene rings is 1. The van der Waals surface area contributed by atoms with Crippen LogP contribution in [0.2, 0.25) is 0 Å². The van der Waals surface area contributed by atoms with Crippen LogP contribution in [-0.4, -0.2) is 16.5 Å². The number of aryl methyl sites for hydroxylation is 1. The molecule has 0 aliphatic rings. The topological polar surface area (TPSA) is 49.8 Å². The van der Waals surface area contributed by atoms with E-state index in [2.05, 4.69) is 59.6 Å². The predicted octanol–water partition coefficient (Wildman–Crippen LogP) is 3.85. The van der Waals surface area contributed by atoms with Gasteiger partial charge in [0.25, 0.3) is 0 Å². The maximum absolute atomic E-state index is 4.27. The fourth-order valence-electron chi connectivity index (χ4n) is 1.92. The molecule has 0 fully saturated rings. The summed E-state index contributed by atoms with van der Waals surface area (Å²) < 4.78 is 0. The van der Waals surface area contributed by atoms with Gasteiger partial charge in [0.1, 0.15) is 18.0 Å². The molecule has 0 aliphatic heterocycles. The van der Waals surface area contributed by atoms with Crippen molar-refractivity contribution in [2.24, 2.45) is 5.92 Å². The molecule has 20 heavy (non-hydrogen) atoms. The number of aromatic nitrogens is 2. The highest BCUT2D eigenvalue weighted by Crippen LogP contribution is 2.20. The van der Waals surface area contributed by atoms with Crippen LogP contribution in [0.1, 0.15) is 26.3 Å². The molecule has 1 aromatic heterocycles. The first-order chi connectivity index (χ1) is 9.69. The smallest absolute Gasteiger partial charge is 0.135 e. The summed E-state index contributed by atoms with van der Waals surface area (Å²) in [6.45, 7) is 7.40. The molecule has 1 aromatic carbocycles. The second-order valence-corrected chi connectivity index (χ2v) is 5.20. The van der Waals surface area contributed by atoms with Gasteiger partial charge in [-0.3, -0.25) is 0 Å². The molecule has 106 valence electrons. The van der Waals surface area contributed by atoms with Crippen molar-refractivity contribution < 1.29 is 0 Å². The van der Waals surface area contributed by atoms with Gasteiger partial charge in [-0.05, 0) is 24.0 Å². The van der Waals surface area contributed by atoms with Crippen LogP contribution in [0.25, 0.3) is 0 Å². The first-order valence-corrected chi connectivity index (χ1v) is 7.10. The largest absolute Gasteiger partial charge is 0.370 e. The van der Waals surface area contributed by atoms with Gasteiger partial charge in [0.15, 0.2) is 0 Å². The molecule has 2 N–H and O–H groups in total. The van der Waals surface area contributed by atoms with Crippen molar-refractivity contribution in [2.75, 3.05) is 17.2 Å². The van der Waals surface area contributed by atoms with E-state index in [0.29, 0.717) is 5.92 Å². The summed E-state index contributed by atoms with van der Waals surface area (Å²) in [7, 11) is 0. The Labute approximate surface area is 120 Å². The monoisotopic (exact) mass is 270 g/mol. The standard InChI is InChI=1S/C16H22N4/c1-4-13-7-5-6-8-14(13)20-16-9-15(18-11-19-16)17-10-12(2)3/h5-9,11-12H,4,10H2,1-3H3,(H2,17,18,19,20). The van der Waals surface area contributed by atoms with Gasteiger partial charge in [-0.1, -0.05) is 39.0 Å². The van der Waals surface area contributed by atoms with Crippen LogP contribution < -0.4 is 10.6 Å². The average Bonchev–Trinajstić information content (AvgIpc) is 2.46. The zero-order valence-electron chi connectivity index (χ0n) is 12.4. The van der Waals surface area contributed by atoms with E-state index in [4.69, 9.17) is 0 Å². The summed E-state index contributed by atoms with van der Waals surface area (Å²) in [6.07, 6.45) is 2.58. The predicted molar refractivity (Wildman–Crippen MR) is 84.5 cm³/mol. The van der Waals surface area contributed by atoms with Gasteiger partial charge in [0, 0.05) is 18.3 Å². The number of hydrogen-bond acceptors (Lipinski definition) is 4. The van der Waals surface area contributed by atoms with E-state index >= 15 is 0 Å². The van der Waals surface area contributed by atoms with Gasteiger partial charge in [-0.15, -0.1) is 0 Å². The second-order valence-electron chi connectivity index (χ2n) is 5.20. The quantitative estimate of drug-likeness (QED) is 0.837. The number of nitrogens with zero attached hydrogens (tertiary/aromatic N) is 2. The Morgan fingerprint density at radius 1 is 1.10 bits per heavy atom.